The van der Waals surface area contributed by atoms with Crippen LogP contribution in [-0.4, -0.2) is 24.7 Å². The highest BCUT2D eigenvalue weighted by Crippen LogP contribution is 2.06. The Labute approximate surface area is 60.7 Å². The van der Waals surface area contributed by atoms with Gasteiger partial charge in [0.1, 0.15) is 6.10 Å². The fraction of sp³-hybridized carbons (Fsp3) is 0.857. The Morgan fingerprint density at radius 3 is 2.80 bits per heavy atom. The molecular formula is C7H13NO2. The van der Waals surface area contributed by atoms with Gasteiger partial charge in [-0.3, -0.25) is 4.79 Å². The predicted molar refractivity (Wildman–Crippen MR) is 37.6 cm³/mol. The zero-order valence-corrected chi connectivity index (χ0v) is 6.39. The second-order valence-electron chi connectivity index (χ2n) is 2.75. The summed E-state index contributed by atoms with van der Waals surface area (Å²) in [6.45, 7) is 4.63. The van der Waals surface area contributed by atoms with E-state index in [-0.39, 0.29) is 18.1 Å². The highest BCUT2D eigenvalue weighted by molar-refractivity contribution is 5.82. The molecule has 1 heterocycles. The third-order valence-electron chi connectivity index (χ3n) is 1.43. The van der Waals surface area contributed by atoms with Crippen molar-refractivity contribution in [2.75, 3.05) is 6.54 Å². The zero-order valence-electron chi connectivity index (χ0n) is 6.39. The van der Waals surface area contributed by atoms with Crippen LogP contribution in [0.3, 0.4) is 0 Å². The number of nitrogens with one attached hydrogen (secondary N) is 1. The predicted octanol–water partition coefficient (Wildman–Crippen LogP) is 0.300. The summed E-state index contributed by atoms with van der Waals surface area (Å²) in [6.07, 6.45) is 0.769. The van der Waals surface area contributed by atoms with Crippen LogP contribution >= 0.6 is 0 Å². The molecular weight excluding hydrogens is 130 g/mol. The van der Waals surface area contributed by atoms with E-state index >= 15 is 0 Å². The van der Waals surface area contributed by atoms with Crippen LogP contribution in [0.15, 0.2) is 0 Å². The Morgan fingerprint density at radius 1 is 1.70 bits per heavy atom. The smallest absolute Gasteiger partial charge is 0.249 e. The van der Waals surface area contributed by atoms with Crippen LogP contribution in [0.5, 0.6) is 0 Å². The van der Waals surface area contributed by atoms with Gasteiger partial charge >= 0.3 is 0 Å². The van der Waals surface area contributed by atoms with Gasteiger partial charge in [-0.25, -0.2) is 0 Å². The maximum absolute atomic E-state index is 10.9. The number of hydrogen-bond donors (Lipinski definition) is 1. The van der Waals surface area contributed by atoms with Crippen molar-refractivity contribution in [3.8, 4) is 0 Å². The normalized spacial score (nSPS) is 25.5. The second-order valence-corrected chi connectivity index (χ2v) is 2.75. The van der Waals surface area contributed by atoms with Gasteiger partial charge < -0.3 is 10.1 Å². The molecule has 0 bridgehead atoms. The van der Waals surface area contributed by atoms with Gasteiger partial charge in [-0.15, -0.1) is 0 Å². The van der Waals surface area contributed by atoms with E-state index in [1.54, 1.807) is 0 Å². The van der Waals surface area contributed by atoms with Gasteiger partial charge in [-0.1, -0.05) is 0 Å². The number of rotatable bonds is 2. The summed E-state index contributed by atoms with van der Waals surface area (Å²) >= 11 is 0. The summed E-state index contributed by atoms with van der Waals surface area (Å²) in [7, 11) is 0. The highest BCUT2D eigenvalue weighted by Gasteiger charge is 2.25. The molecule has 1 atom stereocenters. The first-order chi connectivity index (χ1) is 4.70. The monoisotopic (exact) mass is 143 g/mol. The van der Waals surface area contributed by atoms with Crippen molar-refractivity contribution in [3.05, 3.63) is 0 Å². The van der Waals surface area contributed by atoms with Crippen LogP contribution in [0.1, 0.15) is 20.3 Å². The van der Waals surface area contributed by atoms with E-state index in [2.05, 4.69) is 5.32 Å². The Balaban J connectivity index is 2.33. The molecule has 1 amide bonds. The van der Waals surface area contributed by atoms with Crippen molar-refractivity contribution < 1.29 is 9.53 Å². The summed E-state index contributed by atoms with van der Waals surface area (Å²) in [6, 6.07) is 0. The number of ether oxygens (including phenoxy) is 1. The molecule has 1 saturated heterocycles. The largest absolute Gasteiger partial charge is 0.366 e. The van der Waals surface area contributed by atoms with Gasteiger partial charge in [0.15, 0.2) is 0 Å². The van der Waals surface area contributed by atoms with Crippen molar-refractivity contribution in [2.24, 2.45) is 0 Å². The van der Waals surface area contributed by atoms with E-state index in [1.807, 2.05) is 13.8 Å². The topological polar surface area (TPSA) is 38.3 Å². The first kappa shape index (κ1) is 7.54. The lowest BCUT2D eigenvalue weighted by molar-refractivity contribution is -0.131. The molecule has 3 nitrogen and oxygen atoms in total. The maximum atomic E-state index is 10.9. The number of amides is 1. The van der Waals surface area contributed by atoms with Crippen LogP contribution in [0, 0.1) is 0 Å². The third kappa shape index (κ3) is 1.70. The molecule has 0 aromatic carbocycles. The zero-order chi connectivity index (χ0) is 7.56. The average Bonchev–Trinajstić information content (AvgIpc) is 2.15. The van der Waals surface area contributed by atoms with Crippen molar-refractivity contribution in [1.82, 2.24) is 5.32 Å². The summed E-state index contributed by atoms with van der Waals surface area (Å²) in [5, 5.41) is 2.71. The molecule has 1 rings (SSSR count). The molecule has 58 valence electrons. The lowest BCUT2D eigenvalue weighted by Gasteiger charge is -2.11. The third-order valence-corrected chi connectivity index (χ3v) is 1.43. The van der Waals surface area contributed by atoms with E-state index in [0.29, 0.717) is 0 Å². The van der Waals surface area contributed by atoms with Crippen LogP contribution < -0.4 is 5.32 Å². The van der Waals surface area contributed by atoms with E-state index in [4.69, 9.17) is 4.74 Å². The number of carbonyl (C=O) groups is 1. The molecule has 1 N–H and O–H groups in total. The molecule has 10 heavy (non-hydrogen) atoms. The molecule has 1 fully saturated rings. The molecule has 0 aliphatic carbocycles. The standard InChI is InChI=1S/C7H13NO2/c1-5(2)10-6-3-4-8-7(6)9/h5-6H,3-4H2,1-2H3,(H,8,9). The lowest BCUT2D eigenvalue weighted by Crippen LogP contribution is -2.27. The Morgan fingerprint density at radius 2 is 2.40 bits per heavy atom. The van der Waals surface area contributed by atoms with Crippen molar-refractivity contribution in [3.63, 3.8) is 0 Å². The van der Waals surface area contributed by atoms with Gasteiger partial charge in [-0.2, -0.15) is 0 Å². The quantitative estimate of drug-likeness (QED) is 0.603. The van der Waals surface area contributed by atoms with Crippen molar-refractivity contribution >= 4 is 5.91 Å². The minimum absolute atomic E-state index is 0.0358. The SMILES string of the molecule is CC(C)OC1CCNC1=O. The molecule has 0 radical (unpaired) electrons. The van der Waals surface area contributed by atoms with Crippen molar-refractivity contribution in [2.45, 2.75) is 32.5 Å². The number of hydrogen-bond acceptors (Lipinski definition) is 2. The van der Waals surface area contributed by atoms with Gasteiger partial charge in [0.05, 0.1) is 6.10 Å². The fourth-order valence-corrected chi connectivity index (χ4v) is 1.03. The molecule has 0 aromatic heterocycles. The molecule has 0 aromatic rings. The van der Waals surface area contributed by atoms with E-state index in [9.17, 15) is 4.79 Å². The second kappa shape index (κ2) is 3.01. The van der Waals surface area contributed by atoms with Crippen LogP contribution in [-0.2, 0) is 9.53 Å². The van der Waals surface area contributed by atoms with Gasteiger partial charge in [-0.05, 0) is 20.3 Å². The molecule has 1 unspecified atom stereocenters. The fourth-order valence-electron chi connectivity index (χ4n) is 1.03. The van der Waals surface area contributed by atoms with E-state index in [1.165, 1.54) is 0 Å². The lowest BCUT2D eigenvalue weighted by atomic mass is 10.3. The van der Waals surface area contributed by atoms with Crippen LogP contribution in [0.2, 0.25) is 0 Å². The van der Waals surface area contributed by atoms with Gasteiger partial charge in [0, 0.05) is 6.54 Å². The van der Waals surface area contributed by atoms with E-state index < -0.39 is 0 Å². The molecule has 1 aliphatic rings. The molecule has 0 spiro atoms. The molecule has 0 saturated carbocycles. The van der Waals surface area contributed by atoms with Crippen LogP contribution in [0.25, 0.3) is 0 Å². The van der Waals surface area contributed by atoms with Crippen molar-refractivity contribution in [1.29, 1.82) is 0 Å². The molecule has 1 aliphatic heterocycles. The highest BCUT2D eigenvalue weighted by atomic mass is 16.5. The summed E-state index contributed by atoms with van der Waals surface area (Å²) < 4.78 is 5.31. The first-order valence-corrected chi connectivity index (χ1v) is 3.63. The van der Waals surface area contributed by atoms with Gasteiger partial charge in [0.2, 0.25) is 5.91 Å². The summed E-state index contributed by atoms with van der Waals surface area (Å²) in [4.78, 5) is 10.9. The van der Waals surface area contributed by atoms with Gasteiger partial charge in [0.25, 0.3) is 0 Å². The first-order valence-electron chi connectivity index (χ1n) is 3.63. The summed E-state index contributed by atoms with van der Waals surface area (Å²) in [5.74, 6) is 0.0358. The Bertz CT molecular complexity index is 134. The minimum Gasteiger partial charge on any atom is -0.366 e. The van der Waals surface area contributed by atoms with Crippen LogP contribution in [0.4, 0.5) is 0 Å². The number of carbonyl (C=O) groups excluding carboxylic acids is 1. The average molecular weight is 143 g/mol. The van der Waals surface area contributed by atoms with E-state index in [0.717, 1.165) is 13.0 Å². The minimum atomic E-state index is -0.194. The Hall–Kier alpha value is -0.570. The maximum Gasteiger partial charge on any atom is 0.249 e. The Kier molecular flexibility index (Phi) is 2.27. The molecule has 3 heteroatoms. The summed E-state index contributed by atoms with van der Waals surface area (Å²) in [5.41, 5.74) is 0.